The number of nitrogens with zero attached hydrogens (tertiary/aromatic N) is 2. The van der Waals surface area contributed by atoms with Gasteiger partial charge in [0.25, 0.3) is 0 Å². The van der Waals surface area contributed by atoms with Crippen molar-refractivity contribution >= 4 is 29.3 Å². The first kappa shape index (κ1) is 20.6. The minimum atomic E-state index is -0.108. The number of carbonyl (C=O) groups is 2. The first-order chi connectivity index (χ1) is 14.0. The number of carbonyl (C=O) groups excluding carboxylic acids is 2. The molecule has 1 aliphatic rings. The lowest BCUT2D eigenvalue weighted by molar-refractivity contribution is -0.125. The van der Waals surface area contributed by atoms with Crippen molar-refractivity contribution in [2.24, 2.45) is 0 Å². The number of nitrogens with one attached hydrogen (secondary N) is 1. The van der Waals surface area contributed by atoms with Crippen LogP contribution in [0.25, 0.3) is 6.08 Å². The number of likely N-dealkylation sites (N-methyl/N-ethyl adjacent to an activating group) is 1. The average molecular weight is 393 g/mol. The molecule has 1 fully saturated rings. The Labute approximate surface area is 171 Å². The van der Waals surface area contributed by atoms with Gasteiger partial charge in [-0.05, 0) is 41.5 Å². The summed E-state index contributed by atoms with van der Waals surface area (Å²) in [6, 6.07) is 15.7. The number of hydrogen-bond donors (Lipinski definition) is 1. The number of rotatable bonds is 6. The van der Waals surface area contributed by atoms with Crippen LogP contribution < -0.4 is 10.2 Å². The van der Waals surface area contributed by atoms with Crippen molar-refractivity contribution in [1.82, 2.24) is 4.90 Å². The third kappa shape index (κ3) is 6.19. The molecule has 0 atom stereocenters. The molecule has 1 saturated heterocycles. The van der Waals surface area contributed by atoms with Crippen molar-refractivity contribution in [3.63, 3.8) is 0 Å². The topological polar surface area (TPSA) is 61.9 Å². The Morgan fingerprint density at radius 2 is 1.72 bits per heavy atom. The molecule has 2 aromatic carbocycles. The van der Waals surface area contributed by atoms with E-state index in [1.807, 2.05) is 24.3 Å². The molecule has 0 aliphatic carbocycles. The van der Waals surface area contributed by atoms with Crippen LogP contribution in [0.5, 0.6) is 0 Å². The largest absolute Gasteiger partial charge is 0.378 e. The summed E-state index contributed by atoms with van der Waals surface area (Å²) >= 11 is 0. The normalized spacial score (nSPS) is 14.1. The Balaban J connectivity index is 1.53. The molecule has 0 saturated carbocycles. The van der Waals surface area contributed by atoms with E-state index >= 15 is 0 Å². The highest BCUT2D eigenvalue weighted by molar-refractivity contribution is 5.92. The third-order valence-corrected chi connectivity index (χ3v) is 4.76. The van der Waals surface area contributed by atoms with Gasteiger partial charge in [-0.2, -0.15) is 0 Å². The predicted octanol–water partition coefficient (Wildman–Crippen LogP) is 3.15. The predicted molar refractivity (Wildman–Crippen MR) is 116 cm³/mol. The summed E-state index contributed by atoms with van der Waals surface area (Å²) in [6.07, 6.45) is 3.34. The van der Waals surface area contributed by atoms with Crippen molar-refractivity contribution in [1.29, 1.82) is 0 Å². The Morgan fingerprint density at radius 1 is 1.07 bits per heavy atom. The Bertz CT molecular complexity index is 854. The molecule has 3 rings (SSSR count). The molecular weight excluding hydrogens is 366 g/mol. The highest BCUT2D eigenvalue weighted by Crippen LogP contribution is 2.17. The minimum absolute atomic E-state index is 0.0619. The monoisotopic (exact) mass is 393 g/mol. The van der Waals surface area contributed by atoms with Crippen LogP contribution in [-0.2, 0) is 20.9 Å². The number of ether oxygens (including phenoxy) is 1. The van der Waals surface area contributed by atoms with Crippen LogP contribution in [0.1, 0.15) is 18.1 Å². The van der Waals surface area contributed by atoms with Gasteiger partial charge in [0.05, 0.1) is 13.2 Å². The fraction of sp³-hybridized carbons (Fsp3) is 0.304. The SMILES string of the molecule is CC(=O)Nc1ccc(/C=C/C(=O)N(C)Cc2ccc(N3CCOCC3)cc2)cc1. The van der Waals surface area contributed by atoms with Crippen LogP contribution in [0.3, 0.4) is 0 Å². The van der Waals surface area contributed by atoms with Crippen LogP contribution >= 0.6 is 0 Å². The van der Waals surface area contributed by atoms with Gasteiger partial charge in [0.15, 0.2) is 0 Å². The van der Waals surface area contributed by atoms with E-state index in [0.717, 1.165) is 43.1 Å². The quantitative estimate of drug-likeness (QED) is 0.766. The zero-order chi connectivity index (χ0) is 20.6. The van der Waals surface area contributed by atoms with Crippen LogP contribution in [-0.4, -0.2) is 50.1 Å². The van der Waals surface area contributed by atoms with E-state index in [2.05, 4.69) is 34.5 Å². The van der Waals surface area contributed by atoms with E-state index in [4.69, 9.17) is 4.74 Å². The molecule has 1 N–H and O–H groups in total. The highest BCUT2D eigenvalue weighted by atomic mass is 16.5. The molecule has 0 bridgehead atoms. The van der Waals surface area contributed by atoms with Gasteiger partial charge < -0.3 is 19.9 Å². The second-order valence-electron chi connectivity index (χ2n) is 7.10. The second kappa shape index (κ2) is 9.89. The lowest BCUT2D eigenvalue weighted by Crippen LogP contribution is -2.36. The maximum Gasteiger partial charge on any atom is 0.246 e. The first-order valence-electron chi connectivity index (χ1n) is 9.74. The molecule has 0 radical (unpaired) electrons. The van der Waals surface area contributed by atoms with Crippen molar-refractivity contribution in [2.45, 2.75) is 13.5 Å². The molecule has 1 heterocycles. The van der Waals surface area contributed by atoms with Crippen LogP contribution in [0.15, 0.2) is 54.6 Å². The Morgan fingerprint density at radius 3 is 2.34 bits per heavy atom. The first-order valence-corrected chi connectivity index (χ1v) is 9.74. The molecule has 0 aromatic heterocycles. The molecular formula is C23H27N3O3. The van der Waals surface area contributed by atoms with Gasteiger partial charge in [-0.1, -0.05) is 24.3 Å². The van der Waals surface area contributed by atoms with E-state index < -0.39 is 0 Å². The van der Waals surface area contributed by atoms with E-state index in [9.17, 15) is 9.59 Å². The van der Waals surface area contributed by atoms with Gasteiger partial charge in [-0.25, -0.2) is 0 Å². The van der Waals surface area contributed by atoms with Crippen molar-refractivity contribution in [3.05, 3.63) is 65.7 Å². The third-order valence-electron chi connectivity index (χ3n) is 4.76. The lowest BCUT2D eigenvalue weighted by Gasteiger charge is -2.29. The number of anilines is 2. The molecule has 6 heteroatoms. The standard InChI is InChI=1S/C23H27N3O3/c1-18(27)24-21-8-3-19(4-9-21)7-12-23(28)25(2)17-20-5-10-22(11-6-20)26-13-15-29-16-14-26/h3-12H,13-17H2,1-2H3,(H,24,27)/b12-7+. The number of morpholine rings is 1. The summed E-state index contributed by atoms with van der Waals surface area (Å²) in [6.45, 7) is 5.37. The fourth-order valence-electron chi connectivity index (χ4n) is 3.16. The van der Waals surface area contributed by atoms with Crippen LogP contribution in [0, 0.1) is 0 Å². The number of amides is 2. The van der Waals surface area contributed by atoms with Crippen molar-refractivity contribution in [2.75, 3.05) is 43.6 Å². The average Bonchev–Trinajstić information content (AvgIpc) is 2.74. The summed E-state index contributed by atoms with van der Waals surface area (Å²) in [5, 5.41) is 2.72. The summed E-state index contributed by atoms with van der Waals surface area (Å²) in [4.78, 5) is 27.5. The zero-order valence-electron chi connectivity index (χ0n) is 16.9. The Kier molecular flexibility index (Phi) is 7.03. The van der Waals surface area contributed by atoms with E-state index in [1.54, 1.807) is 24.1 Å². The van der Waals surface area contributed by atoms with E-state index in [-0.39, 0.29) is 11.8 Å². The lowest BCUT2D eigenvalue weighted by atomic mass is 10.1. The maximum absolute atomic E-state index is 12.4. The van der Waals surface area contributed by atoms with Gasteiger partial charge in [0.1, 0.15) is 0 Å². The maximum atomic E-state index is 12.4. The van der Waals surface area contributed by atoms with Gasteiger partial charge in [-0.15, -0.1) is 0 Å². The molecule has 0 spiro atoms. The van der Waals surface area contributed by atoms with Gasteiger partial charge >= 0.3 is 0 Å². The molecule has 29 heavy (non-hydrogen) atoms. The molecule has 2 aromatic rings. The summed E-state index contributed by atoms with van der Waals surface area (Å²) in [5.41, 5.74) is 3.91. The zero-order valence-corrected chi connectivity index (χ0v) is 16.9. The molecule has 0 unspecified atom stereocenters. The molecule has 2 amide bonds. The summed E-state index contributed by atoms with van der Waals surface area (Å²) < 4.78 is 5.39. The van der Waals surface area contributed by atoms with Crippen molar-refractivity contribution in [3.8, 4) is 0 Å². The highest BCUT2D eigenvalue weighted by Gasteiger charge is 2.11. The van der Waals surface area contributed by atoms with E-state index in [1.165, 1.54) is 12.6 Å². The number of hydrogen-bond acceptors (Lipinski definition) is 4. The molecule has 1 aliphatic heterocycles. The molecule has 152 valence electrons. The van der Waals surface area contributed by atoms with Crippen molar-refractivity contribution < 1.29 is 14.3 Å². The van der Waals surface area contributed by atoms with Gasteiger partial charge in [-0.3, -0.25) is 9.59 Å². The van der Waals surface area contributed by atoms with Gasteiger partial charge in [0.2, 0.25) is 11.8 Å². The minimum Gasteiger partial charge on any atom is -0.378 e. The second-order valence-corrected chi connectivity index (χ2v) is 7.10. The van der Waals surface area contributed by atoms with Crippen LogP contribution in [0.2, 0.25) is 0 Å². The fourth-order valence-corrected chi connectivity index (χ4v) is 3.16. The van der Waals surface area contributed by atoms with Crippen LogP contribution in [0.4, 0.5) is 11.4 Å². The number of benzene rings is 2. The summed E-state index contributed by atoms with van der Waals surface area (Å²) in [7, 11) is 1.79. The summed E-state index contributed by atoms with van der Waals surface area (Å²) in [5.74, 6) is -0.170. The Hall–Kier alpha value is -3.12. The molecule has 6 nitrogen and oxygen atoms in total. The van der Waals surface area contributed by atoms with E-state index in [0.29, 0.717) is 6.54 Å². The smallest absolute Gasteiger partial charge is 0.246 e. The van der Waals surface area contributed by atoms with Gasteiger partial charge in [0, 0.05) is 51.1 Å².